The van der Waals surface area contributed by atoms with Crippen molar-refractivity contribution in [3.8, 4) is 11.4 Å². The first-order valence-electron chi connectivity index (χ1n) is 9.60. The van der Waals surface area contributed by atoms with E-state index in [1.165, 1.54) is 23.9 Å². The highest BCUT2D eigenvalue weighted by atomic mass is 35.5. The number of halogens is 3. The number of anilines is 1. The fourth-order valence-electron chi connectivity index (χ4n) is 2.79. The Kier molecular flexibility index (Phi) is 8.05. The van der Waals surface area contributed by atoms with Crippen molar-refractivity contribution < 1.29 is 18.3 Å². The van der Waals surface area contributed by atoms with Crippen LogP contribution in [0.4, 0.5) is 14.5 Å². The van der Waals surface area contributed by atoms with Crippen LogP contribution in [0.25, 0.3) is 5.69 Å². The smallest absolute Gasteiger partial charge is 0.387 e. The van der Waals surface area contributed by atoms with E-state index in [2.05, 4.69) is 20.3 Å². The molecule has 1 atom stereocenters. The molecule has 0 saturated carbocycles. The number of aromatic nitrogens is 3. The zero-order chi connectivity index (χ0) is 23.3. The Labute approximate surface area is 193 Å². The minimum atomic E-state index is -2.99. The highest BCUT2D eigenvalue weighted by Gasteiger charge is 2.22. The fraction of sp³-hybridized carbons (Fsp3) is 0.286. The second-order valence-electron chi connectivity index (χ2n) is 7.00. The van der Waals surface area contributed by atoms with Gasteiger partial charge >= 0.3 is 6.61 Å². The predicted octanol–water partition coefficient (Wildman–Crippen LogP) is 4.88. The number of para-hydroxylation sites is 2. The summed E-state index contributed by atoms with van der Waals surface area (Å²) in [6.45, 7) is -0.991. The van der Waals surface area contributed by atoms with Crippen LogP contribution in [0.2, 0.25) is 5.02 Å². The van der Waals surface area contributed by atoms with Gasteiger partial charge < -0.3 is 10.1 Å². The number of hydrogen-bond acceptors (Lipinski definition) is 6. The van der Waals surface area contributed by atoms with Gasteiger partial charge in [-0.15, -0.1) is 10.2 Å². The normalized spacial score (nSPS) is 12.2. The van der Waals surface area contributed by atoms with Gasteiger partial charge in [0.25, 0.3) is 0 Å². The summed E-state index contributed by atoms with van der Waals surface area (Å²) in [7, 11) is 3.87. The molecule has 2 aromatic carbocycles. The maximum absolute atomic E-state index is 12.6. The quantitative estimate of drug-likeness (QED) is 0.439. The number of thioether (sulfide) groups is 1. The van der Waals surface area contributed by atoms with Crippen molar-refractivity contribution in [3.63, 3.8) is 0 Å². The van der Waals surface area contributed by atoms with Crippen LogP contribution in [-0.2, 0) is 4.79 Å². The van der Waals surface area contributed by atoms with Gasteiger partial charge in [-0.3, -0.25) is 14.3 Å². The van der Waals surface area contributed by atoms with E-state index in [0.717, 1.165) is 5.69 Å². The fourth-order valence-corrected chi connectivity index (χ4v) is 3.68. The molecule has 11 heteroatoms. The summed E-state index contributed by atoms with van der Waals surface area (Å²) in [5, 5.41) is 12.3. The number of alkyl halides is 2. The van der Waals surface area contributed by atoms with Crippen molar-refractivity contribution in [1.82, 2.24) is 19.7 Å². The molecule has 1 N–H and O–H groups in total. The summed E-state index contributed by atoms with van der Waals surface area (Å²) in [6, 6.07) is 13.2. The minimum Gasteiger partial charge on any atom is -0.433 e. The third-order valence-electron chi connectivity index (χ3n) is 4.60. The van der Waals surface area contributed by atoms with Crippen molar-refractivity contribution in [2.24, 2.45) is 0 Å². The Hall–Kier alpha value is -2.69. The van der Waals surface area contributed by atoms with Gasteiger partial charge in [-0.1, -0.05) is 35.5 Å². The molecule has 32 heavy (non-hydrogen) atoms. The summed E-state index contributed by atoms with van der Waals surface area (Å²) in [5.41, 5.74) is 0.973. The van der Waals surface area contributed by atoms with Gasteiger partial charge in [0.15, 0.2) is 11.0 Å². The second kappa shape index (κ2) is 10.8. The molecule has 1 aromatic heterocycles. The van der Waals surface area contributed by atoms with Crippen LogP contribution in [0.3, 0.4) is 0 Å². The van der Waals surface area contributed by atoms with E-state index in [4.69, 9.17) is 11.6 Å². The number of ether oxygens (including phenoxy) is 1. The summed E-state index contributed by atoms with van der Waals surface area (Å²) in [4.78, 5) is 14.5. The molecule has 0 aliphatic heterocycles. The largest absolute Gasteiger partial charge is 0.433 e. The van der Waals surface area contributed by atoms with Crippen LogP contribution < -0.4 is 10.1 Å². The number of carbonyl (C=O) groups excluding carboxylic acids is 1. The molecule has 3 aromatic rings. The summed E-state index contributed by atoms with van der Waals surface area (Å²) >= 11 is 7.21. The Morgan fingerprint density at radius 2 is 1.88 bits per heavy atom. The number of carbonyl (C=O) groups is 1. The van der Waals surface area contributed by atoms with Crippen molar-refractivity contribution >= 4 is 35.0 Å². The number of hydrogen-bond donors (Lipinski definition) is 1. The number of nitrogens with zero attached hydrogens (tertiary/aromatic N) is 4. The first-order chi connectivity index (χ1) is 15.3. The molecule has 0 aliphatic carbocycles. The van der Waals surface area contributed by atoms with E-state index >= 15 is 0 Å². The Balaban J connectivity index is 1.79. The van der Waals surface area contributed by atoms with E-state index in [1.54, 1.807) is 24.3 Å². The summed E-state index contributed by atoms with van der Waals surface area (Å²) in [5.74, 6) is 0.196. The molecular weight excluding hydrogens is 460 g/mol. The standard InChI is InChI=1S/C21H22ClF2N5O2S/c1-13(28(2)3)19-26-27-21(29(19)15-10-8-14(22)9-11-15)32-12-18(30)25-16-6-4-5-7-17(16)31-20(23)24/h4-11,13,20H,12H2,1-3H3,(H,25,30). The third kappa shape index (κ3) is 5.96. The minimum absolute atomic E-state index is 0.00885. The lowest BCUT2D eigenvalue weighted by atomic mass is 10.2. The summed E-state index contributed by atoms with van der Waals surface area (Å²) in [6.07, 6.45) is 0. The first kappa shape index (κ1) is 24.0. The van der Waals surface area contributed by atoms with Gasteiger partial charge in [0.2, 0.25) is 5.91 Å². The van der Waals surface area contributed by atoms with Crippen LogP contribution in [-0.4, -0.2) is 52.0 Å². The lowest BCUT2D eigenvalue weighted by molar-refractivity contribution is -0.113. The maximum Gasteiger partial charge on any atom is 0.387 e. The zero-order valence-corrected chi connectivity index (χ0v) is 19.2. The molecule has 0 aliphatic rings. The van der Waals surface area contributed by atoms with Crippen molar-refractivity contribution in [1.29, 1.82) is 0 Å². The average Bonchev–Trinajstić information content (AvgIpc) is 3.17. The highest BCUT2D eigenvalue weighted by Crippen LogP contribution is 2.29. The van der Waals surface area contributed by atoms with Gasteiger partial charge in [0.1, 0.15) is 5.75 Å². The molecule has 0 spiro atoms. The Morgan fingerprint density at radius 1 is 1.19 bits per heavy atom. The predicted molar refractivity (Wildman–Crippen MR) is 121 cm³/mol. The Bertz CT molecular complexity index is 1060. The number of rotatable bonds is 9. The Morgan fingerprint density at radius 3 is 2.53 bits per heavy atom. The van der Waals surface area contributed by atoms with Gasteiger partial charge in [-0.2, -0.15) is 8.78 Å². The molecule has 0 fully saturated rings. The lowest BCUT2D eigenvalue weighted by Crippen LogP contribution is -2.21. The molecule has 0 bridgehead atoms. The van der Waals surface area contributed by atoms with Gasteiger partial charge in [-0.25, -0.2) is 0 Å². The number of benzene rings is 2. The molecule has 1 amide bonds. The average molecular weight is 482 g/mol. The van der Waals surface area contributed by atoms with Crippen molar-refractivity contribution in [3.05, 3.63) is 59.4 Å². The van der Waals surface area contributed by atoms with Crippen LogP contribution >= 0.6 is 23.4 Å². The van der Waals surface area contributed by atoms with Crippen LogP contribution in [0.1, 0.15) is 18.8 Å². The molecule has 1 unspecified atom stereocenters. The van der Waals surface area contributed by atoms with E-state index in [0.29, 0.717) is 16.0 Å². The molecular formula is C21H22ClF2N5O2S. The van der Waals surface area contributed by atoms with Crippen molar-refractivity contribution in [2.75, 3.05) is 25.2 Å². The monoisotopic (exact) mass is 481 g/mol. The SMILES string of the molecule is CC(c1nnc(SCC(=O)Nc2ccccc2OC(F)F)n1-c1ccc(Cl)cc1)N(C)C. The second-order valence-corrected chi connectivity index (χ2v) is 8.38. The highest BCUT2D eigenvalue weighted by molar-refractivity contribution is 7.99. The zero-order valence-electron chi connectivity index (χ0n) is 17.6. The number of amides is 1. The summed E-state index contributed by atoms with van der Waals surface area (Å²) < 4.78 is 31.5. The molecule has 0 saturated heterocycles. The third-order valence-corrected chi connectivity index (χ3v) is 5.78. The van der Waals surface area contributed by atoms with Crippen LogP contribution in [0, 0.1) is 0 Å². The van der Waals surface area contributed by atoms with E-state index in [-0.39, 0.29) is 23.2 Å². The van der Waals surface area contributed by atoms with Crippen molar-refractivity contribution in [2.45, 2.75) is 24.7 Å². The van der Waals surface area contributed by atoms with E-state index < -0.39 is 12.5 Å². The topological polar surface area (TPSA) is 72.3 Å². The molecule has 1 heterocycles. The molecule has 3 rings (SSSR count). The van der Waals surface area contributed by atoms with Gasteiger partial charge in [0, 0.05) is 10.7 Å². The number of nitrogens with one attached hydrogen (secondary N) is 1. The first-order valence-corrected chi connectivity index (χ1v) is 11.0. The molecule has 170 valence electrons. The molecule has 7 nitrogen and oxygen atoms in total. The van der Waals surface area contributed by atoms with Gasteiger partial charge in [0.05, 0.1) is 17.5 Å². The lowest BCUT2D eigenvalue weighted by Gasteiger charge is -2.20. The molecule has 0 radical (unpaired) electrons. The van der Waals surface area contributed by atoms with E-state index in [1.807, 2.05) is 42.6 Å². The maximum atomic E-state index is 12.6. The van der Waals surface area contributed by atoms with E-state index in [9.17, 15) is 13.6 Å². The van der Waals surface area contributed by atoms with Crippen LogP contribution in [0.15, 0.2) is 53.7 Å². The van der Waals surface area contributed by atoms with Gasteiger partial charge in [-0.05, 0) is 57.4 Å². The van der Waals surface area contributed by atoms with Crippen LogP contribution in [0.5, 0.6) is 5.75 Å².